The van der Waals surface area contributed by atoms with Crippen LogP contribution in [-0.2, 0) is 13.5 Å². The molecule has 0 saturated carbocycles. The molecule has 2 aromatic heterocycles. The van der Waals surface area contributed by atoms with E-state index in [0.29, 0.717) is 0 Å². The molecule has 0 spiro atoms. The van der Waals surface area contributed by atoms with Crippen molar-refractivity contribution in [2.24, 2.45) is 7.05 Å². The minimum absolute atomic E-state index is 0.921. The second-order valence-electron chi connectivity index (χ2n) is 3.08. The highest BCUT2D eigenvalue weighted by Gasteiger charge is 2.09. The van der Waals surface area contributed by atoms with Crippen LogP contribution in [0.4, 0.5) is 0 Å². The minimum Gasteiger partial charge on any atom is -0.250 e. The maximum atomic E-state index is 4.31. The number of aromatic nitrogens is 4. The Morgan fingerprint density at radius 3 is 2.85 bits per heavy atom. The van der Waals surface area contributed by atoms with E-state index in [1.54, 1.807) is 11.0 Å². The molecular formula is C9H12N4. The standard InChI is InChI=1S/C9H12N4/c1-4-7-8-6(2)12-13(3)9(8)11-5-10-7/h5H,4H2,1-3H3. The lowest BCUT2D eigenvalue weighted by Gasteiger charge is -1.97. The van der Waals surface area contributed by atoms with Gasteiger partial charge < -0.3 is 0 Å². The SMILES string of the molecule is CCc1ncnc2c1c(C)nn2C. The fourth-order valence-corrected chi connectivity index (χ4v) is 1.62. The number of rotatable bonds is 1. The average molecular weight is 176 g/mol. The zero-order valence-electron chi connectivity index (χ0n) is 8.07. The van der Waals surface area contributed by atoms with E-state index in [4.69, 9.17) is 0 Å². The van der Waals surface area contributed by atoms with Crippen LogP contribution in [0, 0.1) is 6.92 Å². The first-order valence-electron chi connectivity index (χ1n) is 4.37. The van der Waals surface area contributed by atoms with E-state index >= 15 is 0 Å². The number of fused-ring (bicyclic) bond motifs is 1. The van der Waals surface area contributed by atoms with Gasteiger partial charge in [0, 0.05) is 7.05 Å². The number of hydrogen-bond acceptors (Lipinski definition) is 3. The Morgan fingerprint density at radius 1 is 1.38 bits per heavy atom. The van der Waals surface area contributed by atoms with Crippen LogP contribution in [0.3, 0.4) is 0 Å². The molecule has 68 valence electrons. The summed E-state index contributed by atoms with van der Waals surface area (Å²) in [4.78, 5) is 8.43. The normalized spacial score (nSPS) is 11.0. The first-order chi connectivity index (χ1) is 6.24. The van der Waals surface area contributed by atoms with Crippen LogP contribution in [-0.4, -0.2) is 19.7 Å². The molecule has 13 heavy (non-hydrogen) atoms. The molecule has 0 saturated heterocycles. The fourth-order valence-electron chi connectivity index (χ4n) is 1.62. The van der Waals surface area contributed by atoms with Crippen LogP contribution < -0.4 is 0 Å². The summed E-state index contributed by atoms with van der Waals surface area (Å²) in [6.45, 7) is 4.08. The van der Waals surface area contributed by atoms with Crippen molar-refractivity contribution in [2.45, 2.75) is 20.3 Å². The maximum Gasteiger partial charge on any atom is 0.161 e. The third-order valence-electron chi connectivity index (χ3n) is 2.21. The van der Waals surface area contributed by atoms with Gasteiger partial charge in [-0.1, -0.05) is 6.92 Å². The predicted molar refractivity (Wildman–Crippen MR) is 50.4 cm³/mol. The van der Waals surface area contributed by atoms with E-state index in [1.807, 2.05) is 14.0 Å². The van der Waals surface area contributed by atoms with Gasteiger partial charge in [0.15, 0.2) is 5.65 Å². The molecule has 0 radical (unpaired) electrons. The zero-order chi connectivity index (χ0) is 9.42. The second kappa shape index (κ2) is 2.80. The largest absolute Gasteiger partial charge is 0.250 e. The summed E-state index contributed by atoms with van der Waals surface area (Å²) in [5.41, 5.74) is 3.01. The molecule has 0 atom stereocenters. The van der Waals surface area contributed by atoms with Gasteiger partial charge in [-0.2, -0.15) is 5.10 Å². The van der Waals surface area contributed by atoms with E-state index in [1.165, 1.54) is 0 Å². The Balaban J connectivity index is 2.88. The molecule has 4 nitrogen and oxygen atoms in total. The molecule has 0 aromatic carbocycles. The van der Waals surface area contributed by atoms with Crippen LogP contribution in [0.1, 0.15) is 18.3 Å². The lowest BCUT2D eigenvalue weighted by Crippen LogP contribution is -1.94. The molecule has 0 bridgehead atoms. The third-order valence-corrected chi connectivity index (χ3v) is 2.21. The molecule has 0 N–H and O–H groups in total. The van der Waals surface area contributed by atoms with E-state index in [9.17, 15) is 0 Å². The highest BCUT2D eigenvalue weighted by molar-refractivity contribution is 5.80. The summed E-state index contributed by atoms with van der Waals surface area (Å²) in [5.74, 6) is 0. The van der Waals surface area contributed by atoms with Gasteiger partial charge in [0.2, 0.25) is 0 Å². The van der Waals surface area contributed by atoms with Gasteiger partial charge in [-0.3, -0.25) is 4.68 Å². The molecule has 2 heterocycles. The van der Waals surface area contributed by atoms with Gasteiger partial charge in [0.1, 0.15) is 6.33 Å². The van der Waals surface area contributed by atoms with Gasteiger partial charge >= 0.3 is 0 Å². The Morgan fingerprint density at radius 2 is 2.15 bits per heavy atom. The van der Waals surface area contributed by atoms with Crippen LogP contribution in [0.5, 0.6) is 0 Å². The lowest BCUT2D eigenvalue weighted by molar-refractivity contribution is 0.773. The summed E-state index contributed by atoms with van der Waals surface area (Å²) < 4.78 is 1.80. The molecule has 0 aliphatic heterocycles. The van der Waals surface area contributed by atoms with Crippen LogP contribution in [0.25, 0.3) is 11.0 Å². The summed E-state index contributed by atoms with van der Waals surface area (Å²) in [6.07, 6.45) is 2.52. The molecule has 0 amide bonds. The first-order valence-corrected chi connectivity index (χ1v) is 4.37. The molecule has 2 aromatic rings. The van der Waals surface area contributed by atoms with Crippen molar-refractivity contribution in [3.8, 4) is 0 Å². The Hall–Kier alpha value is -1.45. The molecule has 0 fully saturated rings. The summed E-state index contributed by atoms with van der Waals surface area (Å²) in [5, 5.41) is 5.42. The second-order valence-corrected chi connectivity index (χ2v) is 3.08. The van der Waals surface area contributed by atoms with Crippen LogP contribution in [0.2, 0.25) is 0 Å². The maximum absolute atomic E-state index is 4.31. The Kier molecular flexibility index (Phi) is 1.76. The minimum atomic E-state index is 0.921. The molecule has 0 aliphatic rings. The van der Waals surface area contributed by atoms with Crippen molar-refractivity contribution in [1.29, 1.82) is 0 Å². The van der Waals surface area contributed by atoms with Crippen molar-refractivity contribution in [3.63, 3.8) is 0 Å². The van der Waals surface area contributed by atoms with Crippen molar-refractivity contribution in [3.05, 3.63) is 17.7 Å². The first kappa shape index (κ1) is 8.16. The quantitative estimate of drug-likeness (QED) is 0.656. The highest BCUT2D eigenvalue weighted by atomic mass is 15.3. The van der Waals surface area contributed by atoms with Crippen LogP contribution in [0.15, 0.2) is 6.33 Å². The fraction of sp³-hybridized carbons (Fsp3) is 0.444. The number of aryl methyl sites for hydroxylation is 3. The van der Waals surface area contributed by atoms with E-state index in [2.05, 4.69) is 22.0 Å². The summed E-state index contributed by atoms with van der Waals surface area (Å²) in [7, 11) is 1.90. The van der Waals surface area contributed by atoms with Crippen molar-refractivity contribution >= 4 is 11.0 Å². The predicted octanol–water partition coefficient (Wildman–Crippen LogP) is 1.23. The summed E-state index contributed by atoms with van der Waals surface area (Å²) in [6, 6.07) is 0. The molecular weight excluding hydrogens is 164 g/mol. The van der Waals surface area contributed by atoms with Gasteiger partial charge in [-0.05, 0) is 13.3 Å². The van der Waals surface area contributed by atoms with E-state index in [0.717, 1.165) is 28.8 Å². The van der Waals surface area contributed by atoms with Gasteiger partial charge in [0.25, 0.3) is 0 Å². The lowest BCUT2D eigenvalue weighted by atomic mass is 10.2. The smallest absolute Gasteiger partial charge is 0.161 e. The van der Waals surface area contributed by atoms with E-state index < -0.39 is 0 Å². The highest BCUT2D eigenvalue weighted by Crippen LogP contribution is 2.17. The van der Waals surface area contributed by atoms with Crippen molar-refractivity contribution < 1.29 is 0 Å². The topological polar surface area (TPSA) is 43.6 Å². The number of nitrogens with zero attached hydrogens (tertiary/aromatic N) is 4. The monoisotopic (exact) mass is 176 g/mol. The van der Waals surface area contributed by atoms with Gasteiger partial charge in [-0.25, -0.2) is 9.97 Å². The van der Waals surface area contributed by atoms with E-state index in [-0.39, 0.29) is 0 Å². The zero-order valence-corrected chi connectivity index (χ0v) is 8.07. The van der Waals surface area contributed by atoms with Gasteiger partial charge in [0.05, 0.1) is 16.8 Å². The van der Waals surface area contributed by atoms with Gasteiger partial charge in [-0.15, -0.1) is 0 Å². The molecule has 4 heteroatoms. The third kappa shape index (κ3) is 1.09. The Labute approximate surface area is 76.6 Å². The Bertz CT molecular complexity index is 444. The number of hydrogen-bond donors (Lipinski definition) is 0. The molecule has 2 rings (SSSR count). The van der Waals surface area contributed by atoms with Crippen LogP contribution >= 0.6 is 0 Å². The summed E-state index contributed by atoms with van der Waals surface area (Å²) >= 11 is 0. The molecule has 0 unspecified atom stereocenters. The van der Waals surface area contributed by atoms with Crippen molar-refractivity contribution in [2.75, 3.05) is 0 Å². The molecule has 0 aliphatic carbocycles. The van der Waals surface area contributed by atoms with Crippen molar-refractivity contribution in [1.82, 2.24) is 19.7 Å². The average Bonchev–Trinajstić information content (AvgIpc) is 2.43.